The number of halogens is 1. The fraction of sp³-hybridized carbons (Fsp3) is 0.500. The van der Waals surface area contributed by atoms with E-state index in [1.165, 1.54) is 5.56 Å². The highest BCUT2D eigenvalue weighted by Gasteiger charge is 2.17. The lowest BCUT2D eigenvalue weighted by molar-refractivity contribution is 0.0583. The molecule has 0 bridgehead atoms. The molecule has 0 spiro atoms. The Morgan fingerprint density at radius 3 is 2.40 bits per heavy atom. The third kappa shape index (κ3) is 4.78. The quantitative estimate of drug-likeness (QED) is 0.835. The Morgan fingerprint density at radius 2 is 1.87 bits per heavy atom. The van der Waals surface area contributed by atoms with Crippen LogP contribution in [0.5, 0.6) is 0 Å². The normalized spacial score (nSPS) is 11.7. The third-order valence-corrected chi connectivity index (χ3v) is 3.01. The molecule has 0 aromatic heterocycles. The summed E-state index contributed by atoms with van der Waals surface area (Å²) in [5.74, 6) is 5.10. The van der Waals surface area contributed by atoms with Gasteiger partial charge in [-0.05, 0) is 36.0 Å². The Morgan fingerprint density at radius 1 is 1.27 bits per heavy atom. The zero-order chi connectivity index (χ0) is 11.3. The van der Waals surface area contributed by atoms with Crippen LogP contribution in [0, 0.1) is 5.41 Å². The van der Waals surface area contributed by atoms with E-state index in [1.807, 2.05) is 0 Å². The summed E-state index contributed by atoms with van der Waals surface area (Å²) in [6, 6.07) is 8.43. The summed E-state index contributed by atoms with van der Waals surface area (Å²) in [6.07, 6.45) is 2.13. The number of hydrogen-bond acceptors (Lipinski definition) is 2. The molecule has 0 aliphatic carbocycles. The van der Waals surface area contributed by atoms with Gasteiger partial charge in [0.1, 0.15) is 0 Å². The summed E-state index contributed by atoms with van der Waals surface area (Å²) >= 11 is 3.42. The summed E-state index contributed by atoms with van der Waals surface area (Å²) < 4.78 is 1.12. The molecule has 84 valence electrons. The van der Waals surface area contributed by atoms with E-state index in [0.717, 1.165) is 17.3 Å². The van der Waals surface area contributed by atoms with Crippen molar-refractivity contribution in [3.8, 4) is 0 Å². The Labute approximate surface area is 99.9 Å². The highest BCUT2D eigenvalue weighted by molar-refractivity contribution is 9.10. The number of benzene rings is 1. The third-order valence-electron chi connectivity index (χ3n) is 2.48. The molecule has 0 unspecified atom stereocenters. The molecule has 2 nitrogen and oxygen atoms in total. The minimum atomic E-state index is 0.141. The lowest BCUT2D eigenvalue weighted by Gasteiger charge is -2.22. The van der Waals surface area contributed by atoms with Crippen LogP contribution in [0.2, 0.25) is 0 Å². The number of rotatable bonds is 5. The van der Waals surface area contributed by atoms with Gasteiger partial charge < -0.3 is 4.84 Å². The van der Waals surface area contributed by atoms with Crippen LogP contribution in [0.3, 0.4) is 0 Å². The summed E-state index contributed by atoms with van der Waals surface area (Å²) in [5.41, 5.74) is 1.49. The smallest absolute Gasteiger partial charge is 0.0730 e. The molecule has 0 fully saturated rings. The van der Waals surface area contributed by atoms with Crippen LogP contribution in [0.15, 0.2) is 28.7 Å². The van der Waals surface area contributed by atoms with Gasteiger partial charge in [-0.1, -0.05) is 41.9 Å². The Hall–Kier alpha value is -0.380. The van der Waals surface area contributed by atoms with Gasteiger partial charge in [0.05, 0.1) is 6.61 Å². The van der Waals surface area contributed by atoms with Gasteiger partial charge in [-0.3, -0.25) is 0 Å². The maximum Gasteiger partial charge on any atom is 0.0730 e. The topological polar surface area (TPSA) is 35.2 Å². The van der Waals surface area contributed by atoms with E-state index < -0.39 is 0 Å². The molecule has 1 aromatic rings. The first-order valence-corrected chi connectivity index (χ1v) is 5.89. The summed E-state index contributed by atoms with van der Waals surface area (Å²) in [5, 5.41) is 0. The predicted octanol–water partition coefficient (Wildman–Crippen LogP) is 3.30. The van der Waals surface area contributed by atoms with Crippen molar-refractivity contribution in [2.45, 2.75) is 26.7 Å². The fourth-order valence-corrected chi connectivity index (χ4v) is 1.70. The molecule has 0 atom stereocenters. The van der Waals surface area contributed by atoms with Crippen LogP contribution in [-0.2, 0) is 11.3 Å². The zero-order valence-electron chi connectivity index (χ0n) is 9.29. The van der Waals surface area contributed by atoms with Crippen molar-refractivity contribution in [1.82, 2.24) is 0 Å². The van der Waals surface area contributed by atoms with Gasteiger partial charge in [0.25, 0.3) is 0 Å². The van der Waals surface area contributed by atoms with Gasteiger partial charge in [0.2, 0.25) is 0 Å². The summed E-state index contributed by atoms with van der Waals surface area (Å²) in [7, 11) is 0. The van der Waals surface area contributed by atoms with Gasteiger partial charge in [0.15, 0.2) is 0 Å². The zero-order valence-corrected chi connectivity index (χ0v) is 10.9. The second-order valence-electron chi connectivity index (χ2n) is 4.60. The largest absolute Gasteiger partial charge is 0.304 e. The average Bonchev–Trinajstić information content (AvgIpc) is 2.17. The molecule has 1 aromatic carbocycles. The molecule has 0 aliphatic heterocycles. The molecular weight excluding hydrogens is 254 g/mol. The number of nitrogens with two attached hydrogens (primary N) is 1. The van der Waals surface area contributed by atoms with Crippen LogP contribution in [-0.4, -0.2) is 6.61 Å². The van der Waals surface area contributed by atoms with E-state index >= 15 is 0 Å². The number of aryl methyl sites for hydroxylation is 1. The highest BCUT2D eigenvalue weighted by Crippen LogP contribution is 2.23. The standard InChI is InChI=1S/C12H18BrNO/c1-12(2,9-15-14)8-7-10-3-5-11(13)6-4-10/h3-6H,7-9,14H2,1-2H3. The van der Waals surface area contributed by atoms with Gasteiger partial charge in [-0.15, -0.1) is 0 Å². The summed E-state index contributed by atoms with van der Waals surface area (Å²) in [4.78, 5) is 4.71. The van der Waals surface area contributed by atoms with Crippen LogP contribution in [0.1, 0.15) is 25.8 Å². The first-order valence-electron chi connectivity index (χ1n) is 5.10. The van der Waals surface area contributed by atoms with Crippen molar-refractivity contribution in [3.63, 3.8) is 0 Å². The maximum absolute atomic E-state index is 5.10. The van der Waals surface area contributed by atoms with Gasteiger partial charge in [-0.25, -0.2) is 5.90 Å². The minimum absolute atomic E-state index is 0.141. The molecule has 0 heterocycles. The van der Waals surface area contributed by atoms with E-state index in [2.05, 4.69) is 54.0 Å². The SMILES string of the molecule is CC(C)(CCc1ccc(Br)cc1)CON. The first-order chi connectivity index (χ1) is 7.03. The van der Waals surface area contributed by atoms with E-state index in [-0.39, 0.29) is 5.41 Å². The minimum Gasteiger partial charge on any atom is -0.304 e. The Bertz CT molecular complexity index is 295. The van der Waals surface area contributed by atoms with E-state index in [9.17, 15) is 0 Å². The maximum atomic E-state index is 5.10. The van der Waals surface area contributed by atoms with Crippen molar-refractivity contribution in [3.05, 3.63) is 34.3 Å². The van der Waals surface area contributed by atoms with Crippen LogP contribution in [0.25, 0.3) is 0 Å². The van der Waals surface area contributed by atoms with Crippen molar-refractivity contribution in [2.75, 3.05) is 6.61 Å². The van der Waals surface area contributed by atoms with Crippen LogP contribution in [0.4, 0.5) is 0 Å². The van der Waals surface area contributed by atoms with Crippen molar-refractivity contribution < 1.29 is 4.84 Å². The van der Waals surface area contributed by atoms with Crippen LogP contribution < -0.4 is 5.90 Å². The molecule has 0 saturated carbocycles. The Kier molecular flexibility index (Phi) is 4.77. The predicted molar refractivity (Wildman–Crippen MR) is 66.4 cm³/mol. The monoisotopic (exact) mass is 271 g/mol. The number of hydrogen-bond donors (Lipinski definition) is 1. The highest BCUT2D eigenvalue weighted by atomic mass is 79.9. The van der Waals surface area contributed by atoms with E-state index in [1.54, 1.807) is 0 Å². The second kappa shape index (κ2) is 5.64. The molecule has 15 heavy (non-hydrogen) atoms. The molecule has 0 saturated heterocycles. The molecule has 3 heteroatoms. The molecule has 0 radical (unpaired) electrons. The lowest BCUT2D eigenvalue weighted by Crippen LogP contribution is -2.22. The van der Waals surface area contributed by atoms with Gasteiger partial charge >= 0.3 is 0 Å². The molecule has 0 amide bonds. The van der Waals surface area contributed by atoms with Gasteiger partial charge in [-0.2, -0.15) is 0 Å². The summed E-state index contributed by atoms with van der Waals surface area (Å²) in [6.45, 7) is 4.93. The molecule has 1 rings (SSSR count). The fourth-order valence-electron chi connectivity index (χ4n) is 1.43. The van der Waals surface area contributed by atoms with Crippen molar-refractivity contribution in [2.24, 2.45) is 11.3 Å². The van der Waals surface area contributed by atoms with Crippen molar-refractivity contribution >= 4 is 15.9 Å². The Balaban J connectivity index is 2.46. The van der Waals surface area contributed by atoms with E-state index in [0.29, 0.717) is 6.61 Å². The molecule has 0 aliphatic rings. The van der Waals surface area contributed by atoms with Gasteiger partial charge in [0, 0.05) is 4.47 Å². The average molecular weight is 272 g/mol. The lowest BCUT2D eigenvalue weighted by atomic mass is 9.87. The van der Waals surface area contributed by atoms with E-state index in [4.69, 9.17) is 10.7 Å². The first kappa shape index (κ1) is 12.7. The molecular formula is C12H18BrNO. The van der Waals surface area contributed by atoms with Crippen LogP contribution >= 0.6 is 15.9 Å². The molecule has 2 N–H and O–H groups in total. The van der Waals surface area contributed by atoms with Crippen molar-refractivity contribution in [1.29, 1.82) is 0 Å². The second-order valence-corrected chi connectivity index (χ2v) is 5.52.